The summed E-state index contributed by atoms with van der Waals surface area (Å²) in [5.41, 5.74) is 8.04. The largest absolute Gasteiger partial charge is 0.397 e. The molecule has 0 heterocycles. The van der Waals surface area contributed by atoms with Gasteiger partial charge in [0.25, 0.3) is 5.91 Å². The SMILES string of the molecule is CCN(C)c1cc(C(=O)NC)ccc1N. The molecule has 0 aliphatic carbocycles. The minimum Gasteiger partial charge on any atom is -0.397 e. The Morgan fingerprint density at radius 1 is 1.53 bits per heavy atom. The highest BCUT2D eigenvalue weighted by Crippen LogP contribution is 2.23. The van der Waals surface area contributed by atoms with E-state index in [1.807, 2.05) is 18.9 Å². The van der Waals surface area contributed by atoms with Gasteiger partial charge in [-0.2, -0.15) is 0 Å². The molecule has 1 aromatic carbocycles. The van der Waals surface area contributed by atoms with Gasteiger partial charge in [-0.1, -0.05) is 0 Å². The van der Waals surface area contributed by atoms with Crippen LogP contribution in [-0.2, 0) is 0 Å². The highest BCUT2D eigenvalue weighted by atomic mass is 16.1. The molecule has 0 spiro atoms. The third-order valence-corrected chi connectivity index (χ3v) is 2.41. The lowest BCUT2D eigenvalue weighted by Crippen LogP contribution is -2.21. The Morgan fingerprint density at radius 3 is 2.73 bits per heavy atom. The minimum absolute atomic E-state index is 0.0965. The van der Waals surface area contributed by atoms with Crippen LogP contribution in [-0.4, -0.2) is 26.5 Å². The number of nitrogens with one attached hydrogen (secondary N) is 1. The molecule has 0 aromatic heterocycles. The Hall–Kier alpha value is -1.71. The average Bonchev–Trinajstić information content (AvgIpc) is 2.27. The summed E-state index contributed by atoms with van der Waals surface area (Å²) in [6.45, 7) is 2.88. The van der Waals surface area contributed by atoms with Crippen molar-refractivity contribution in [2.75, 3.05) is 31.3 Å². The monoisotopic (exact) mass is 207 g/mol. The summed E-state index contributed by atoms with van der Waals surface area (Å²) in [7, 11) is 3.56. The average molecular weight is 207 g/mol. The molecule has 0 saturated heterocycles. The van der Waals surface area contributed by atoms with Gasteiger partial charge in [0.2, 0.25) is 0 Å². The molecule has 0 aliphatic rings. The van der Waals surface area contributed by atoms with Gasteiger partial charge in [-0.05, 0) is 25.1 Å². The van der Waals surface area contributed by atoms with Crippen LogP contribution < -0.4 is 16.0 Å². The summed E-state index contributed by atoms with van der Waals surface area (Å²) in [4.78, 5) is 13.4. The highest BCUT2D eigenvalue weighted by Gasteiger charge is 2.08. The Bertz CT molecular complexity index is 363. The summed E-state index contributed by atoms with van der Waals surface area (Å²) in [5, 5.41) is 2.59. The van der Waals surface area contributed by atoms with Crippen LogP contribution >= 0.6 is 0 Å². The molecule has 0 radical (unpaired) electrons. The number of nitrogens with zero attached hydrogens (tertiary/aromatic N) is 1. The van der Waals surface area contributed by atoms with Gasteiger partial charge >= 0.3 is 0 Å². The number of carbonyl (C=O) groups excluding carboxylic acids is 1. The topological polar surface area (TPSA) is 58.4 Å². The zero-order valence-electron chi connectivity index (χ0n) is 9.37. The lowest BCUT2D eigenvalue weighted by Gasteiger charge is -2.19. The lowest BCUT2D eigenvalue weighted by molar-refractivity contribution is 0.0963. The normalized spacial score (nSPS) is 9.80. The van der Waals surface area contributed by atoms with Crippen molar-refractivity contribution in [3.05, 3.63) is 23.8 Å². The van der Waals surface area contributed by atoms with E-state index in [0.29, 0.717) is 11.3 Å². The van der Waals surface area contributed by atoms with Gasteiger partial charge in [0.15, 0.2) is 0 Å². The number of anilines is 2. The van der Waals surface area contributed by atoms with Gasteiger partial charge in [0.1, 0.15) is 0 Å². The second-order valence-electron chi connectivity index (χ2n) is 3.37. The van der Waals surface area contributed by atoms with E-state index in [-0.39, 0.29) is 5.91 Å². The standard InChI is InChI=1S/C11H17N3O/c1-4-14(3)10-7-8(11(15)13-2)5-6-9(10)12/h5-7H,4,12H2,1-3H3,(H,13,15). The van der Waals surface area contributed by atoms with Crippen molar-refractivity contribution in [1.82, 2.24) is 5.32 Å². The number of rotatable bonds is 3. The van der Waals surface area contributed by atoms with Gasteiger partial charge in [0, 0.05) is 26.2 Å². The molecule has 15 heavy (non-hydrogen) atoms. The van der Waals surface area contributed by atoms with Gasteiger partial charge in [-0.3, -0.25) is 4.79 Å². The molecule has 1 rings (SSSR count). The Kier molecular flexibility index (Phi) is 3.55. The van der Waals surface area contributed by atoms with Crippen LogP contribution in [0.4, 0.5) is 11.4 Å². The Labute approximate surface area is 90.1 Å². The molecule has 0 fully saturated rings. The van der Waals surface area contributed by atoms with Crippen molar-refractivity contribution in [3.63, 3.8) is 0 Å². The molecular weight excluding hydrogens is 190 g/mol. The van der Waals surface area contributed by atoms with Crippen LogP contribution in [0.2, 0.25) is 0 Å². The predicted octanol–water partition coefficient (Wildman–Crippen LogP) is 1.08. The quantitative estimate of drug-likeness (QED) is 0.729. The van der Waals surface area contributed by atoms with Crippen molar-refractivity contribution in [3.8, 4) is 0 Å². The fourth-order valence-corrected chi connectivity index (χ4v) is 1.33. The fraction of sp³-hybridized carbons (Fsp3) is 0.364. The number of amides is 1. The van der Waals surface area contributed by atoms with Gasteiger partial charge in [-0.25, -0.2) is 0 Å². The number of nitrogen functional groups attached to an aromatic ring is 1. The van der Waals surface area contributed by atoms with Crippen LogP contribution in [0.5, 0.6) is 0 Å². The number of nitrogens with two attached hydrogens (primary N) is 1. The Balaban J connectivity index is 3.10. The first kappa shape index (κ1) is 11.4. The molecule has 0 aliphatic heterocycles. The first-order valence-corrected chi connectivity index (χ1v) is 4.92. The summed E-state index contributed by atoms with van der Waals surface area (Å²) >= 11 is 0. The summed E-state index contributed by atoms with van der Waals surface area (Å²) in [6, 6.07) is 5.28. The van der Waals surface area contributed by atoms with E-state index in [1.54, 1.807) is 25.2 Å². The molecular formula is C11H17N3O. The second kappa shape index (κ2) is 4.68. The molecule has 3 N–H and O–H groups in total. The molecule has 1 aromatic rings. The van der Waals surface area contributed by atoms with Gasteiger partial charge in [-0.15, -0.1) is 0 Å². The summed E-state index contributed by atoms with van der Waals surface area (Å²) in [6.07, 6.45) is 0. The zero-order valence-corrected chi connectivity index (χ0v) is 9.37. The first-order chi connectivity index (χ1) is 7.10. The number of carbonyl (C=O) groups is 1. The van der Waals surface area contributed by atoms with Crippen molar-refractivity contribution in [1.29, 1.82) is 0 Å². The van der Waals surface area contributed by atoms with Crippen molar-refractivity contribution < 1.29 is 4.79 Å². The molecule has 4 heteroatoms. The van der Waals surface area contributed by atoms with E-state index in [1.165, 1.54) is 0 Å². The number of benzene rings is 1. The van der Waals surface area contributed by atoms with E-state index >= 15 is 0 Å². The van der Waals surface area contributed by atoms with E-state index in [0.717, 1.165) is 12.2 Å². The van der Waals surface area contributed by atoms with Crippen LogP contribution in [0.25, 0.3) is 0 Å². The summed E-state index contributed by atoms with van der Waals surface area (Å²) < 4.78 is 0. The predicted molar refractivity (Wildman–Crippen MR) is 63.2 cm³/mol. The number of hydrogen-bond donors (Lipinski definition) is 2. The summed E-state index contributed by atoms with van der Waals surface area (Å²) in [5.74, 6) is -0.0965. The molecule has 4 nitrogen and oxygen atoms in total. The minimum atomic E-state index is -0.0965. The fourth-order valence-electron chi connectivity index (χ4n) is 1.33. The molecule has 0 saturated carbocycles. The molecule has 0 atom stereocenters. The molecule has 0 unspecified atom stereocenters. The molecule has 0 bridgehead atoms. The van der Waals surface area contributed by atoms with Crippen LogP contribution in [0.1, 0.15) is 17.3 Å². The first-order valence-electron chi connectivity index (χ1n) is 4.92. The van der Waals surface area contributed by atoms with E-state index in [4.69, 9.17) is 5.73 Å². The molecule has 82 valence electrons. The van der Waals surface area contributed by atoms with Crippen LogP contribution in [0, 0.1) is 0 Å². The van der Waals surface area contributed by atoms with Crippen molar-refractivity contribution >= 4 is 17.3 Å². The second-order valence-corrected chi connectivity index (χ2v) is 3.37. The Morgan fingerprint density at radius 2 is 2.20 bits per heavy atom. The third kappa shape index (κ3) is 2.40. The smallest absolute Gasteiger partial charge is 0.251 e. The van der Waals surface area contributed by atoms with Gasteiger partial charge in [0.05, 0.1) is 11.4 Å². The van der Waals surface area contributed by atoms with Crippen molar-refractivity contribution in [2.24, 2.45) is 0 Å². The maximum atomic E-state index is 11.4. The number of hydrogen-bond acceptors (Lipinski definition) is 3. The maximum absolute atomic E-state index is 11.4. The van der Waals surface area contributed by atoms with Crippen molar-refractivity contribution in [2.45, 2.75) is 6.92 Å². The van der Waals surface area contributed by atoms with E-state index in [2.05, 4.69) is 5.32 Å². The van der Waals surface area contributed by atoms with Crippen LogP contribution in [0.15, 0.2) is 18.2 Å². The highest BCUT2D eigenvalue weighted by molar-refractivity contribution is 5.96. The zero-order chi connectivity index (χ0) is 11.4. The molecule has 1 amide bonds. The third-order valence-electron chi connectivity index (χ3n) is 2.41. The van der Waals surface area contributed by atoms with Gasteiger partial charge < -0.3 is 16.0 Å². The van der Waals surface area contributed by atoms with E-state index < -0.39 is 0 Å². The van der Waals surface area contributed by atoms with Crippen LogP contribution in [0.3, 0.4) is 0 Å². The lowest BCUT2D eigenvalue weighted by atomic mass is 10.1. The maximum Gasteiger partial charge on any atom is 0.251 e. The van der Waals surface area contributed by atoms with E-state index in [9.17, 15) is 4.79 Å².